The molecule has 0 saturated heterocycles. The van der Waals surface area contributed by atoms with Gasteiger partial charge in [0.1, 0.15) is 5.58 Å². The number of rotatable bonds is 4. The summed E-state index contributed by atoms with van der Waals surface area (Å²) < 4.78 is 5.41. The lowest BCUT2D eigenvalue weighted by atomic mass is 9.87. The average Bonchev–Trinajstić information content (AvgIpc) is 3.04. The first-order valence-electron chi connectivity index (χ1n) is 8.36. The van der Waals surface area contributed by atoms with Crippen LogP contribution in [0.4, 0.5) is 5.69 Å². The van der Waals surface area contributed by atoms with Crippen molar-refractivity contribution in [2.45, 2.75) is 26.2 Å². The maximum Gasteiger partial charge on any atom is 0.307 e. The summed E-state index contributed by atoms with van der Waals surface area (Å²) in [5.41, 5.74) is 4.85. The second-order valence-electron chi connectivity index (χ2n) is 7.16. The van der Waals surface area contributed by atoms with Gasteiger partial charge in [-0.2, -0.15) is 5.10 Å². The monoisotopic (exact) mass is 365 g/mol. The average molecular weight is 365 g/mol. The third-order valence-corrected chi connectivity index (χ3v) is 4.09. The number of nitro benzene ring substituents is 1. The molecule has 1 aromatic heterocycles. The number of nitrogens with one attached hydrogen (secondary N) is 1. The summed E-state index contributed by atoms with van der Waals surface area (Å²) in [4.78, 5) is 22.5. The van der Waals surface area contributed by atoms with Crippen molar-refractivity contribution in [3.8, 4) is 0 Å². The van der Waals surface area contributed by atoms with Crippen molar-refractivity contribution >= 4 is 28.8 Å². The molecule has 0 aliphatic rings. The van der Waals surface area contributed by atoms with Crippen molar-refractivity contribution in [1.82, 2.24) is 5.43 Å². The van der Waals surface area contributed by atoms with Crippen molar-refractivity contribution in [3.63, 3.8) is 0 Å². The van der Waals surface area contributed by atoms with Crippen LogP contribution in [0.2, 0.25) is 0 Å². The molecule has 0 atom stereocenters. The van der Waals surface area contributed by atoms with Crippen LogP contribution in [0.3, 0.4) is 0 Å². The predicted octanol–water partition coefficient (Wildman–Crippen LogP) is 4.40. The molecule has 3 aromatic rings. The van der Waals surface area contributed by atoms with E-state index in [-0.39, 0.29) is 16.9 Å². The lowest BCUT2D eigenvalue weighted by Crippen LogP contribution is -2.16. The second kappa shape index (κ2) is 7.03. The van der Waals surface area contributed by atoms with E-state index in [1.54, 1.807) is 0 Å². The first-order chi connectivity index (χ1) is 12.7. The number of nitro groups is 1. The SMILES string of the molecule is CC(C)(C)c1ccc(/C=N/NC(=O)c2cc3cc([N+](=O)[O-])ccc3o2)cc1. The third kappa shape index (κ3) is 4.20. The number of fused-ring (bicyclic) bond motifs is 1. The molecule has 0 saturated carbocycles. The first kappa shape index (κ1) is 18.3. The van der Waals surface area contributed by atoms with Gasteiger partial charge in [0.05, 0.1) is 11.1 Å². The van der Waals surface area contributed by atoms with Gasteiger partial charge in [-0.05, 0) is 28.7 Å². The molecule has 0 spiro atoms. The van der Waals surface area contributed by atoms with E-state index in [1.807, 2.05) is 24.3 Å². The normalized spacial score (nSPS) is 11.8. The molecule has 3 rings (SSSR count). The maximum atomic E-state index is 12.2. The molecule has 0 fully saturated rings. The van der Waals surface area contributed by atoms with Crippen LogP contribution in [-0.2, 0) is 5.41 Å². The van der Waals surface area contributed by atoms with Gasteiger partial charge in [-0.15, -0.1) is 0 Å². The van der Waals surface area contributed by atoms with Crippen LogP contribution < -0.4 is 5.43 Å². The highest BCUT2D eigenvalue weighted by Crippen LogP contribution is 2.24. The fourth-order valence-electron chi connectivity index (χ4n) is 2.55. The van der Waals surface area contributed by atoms with Crippen molar-refractivity contribution in [2.75, 3.05) is 0 Å². The molecule has 138 valence electrons. The number of hydrazone groups is 1. The Bertz CT molecular complexity index is 1030. The van der Waals surface area contributed by atoms with Crippen LogP contribution in [0.5, 0.6) is 0 Å². The summed E-state index contributed by atoms with van der Waals surface area (Å²) in [6.07, 6.45) is 1.54. The Hall–Kier alpha value is -3.48. The molecular weight excluding hydrogens is 346 g/mol. The van der Waals surface area contributed by atoms with E-state index in [2.05, 4.69) is 31.3 Å². The zero-order valence-corrected chi connectivity index (χ0v) is 15.2. The highest BCUT2D eigenvalue weighted by molar-refractivity contribution is 5.97. The van der Waals surface area contributed by atoms with E-state index in [1.165, 1.54) is 36.0 Å². The summed E-state index contributed by atoms with van der Waals surface area (Å²) in [7, 11) is 0. The zero-order valence-electron chi connectivity index (χ0n) is 15.2. The van der Waals surface area contributed by atoms with E-state index in [4.69, 9.17) is 4.42 Å². The number of furan rings is 1. The van der Waals surface area contributed by atoms with E-state index in [0.29, 0.717) is 11.0 Å². The largest absolute Gasteiger partial charge is 0.451 e. The fraction of sp³-hybridized carbons (Fsp3) is 0.200. The molecule has 2 aromatic carbocycles. The molecule has 0 unspecified atom stereocenters. The number of hydrogen-bond donors (Lipinski definition) is 1. The Labute approximate surface area is 155 Å². The number of benzene rings is 2. The summed E-state index contributed by atoms with van der Waals surface area (Å²) in [6, 6.07) is 13.5. The molecular formula is C20H19N3O4. The number of carbonyl (C=O) groups is 1. The maximum absolute atomic E-state index is 12.2. The van der Waals surface area contributed by atoms with Crippen LogP contribution in [0.15, 0.2) is 58.0 Å². The minimum atomic E-state index is -0.531. The number of non-ortho nitro benzene ring substituents is 1. The van der Waals surface area contributed by atoms with Crippen molar-refractivity contribution < 1.29 is 14.1 Å². The van der Waals surface area contributed by atoms with Gasteiger partial charge >= 0.3 is 5.91 Å². The van der Waals surface area contributed by atoms with Gasteiger partial charge in [-0.3, -0.25) is 14.9 Å². The number of nitrogens with zero attached hydrogens (tertiary/aromatic N) is 2. The predicted molar refractivity (Wildman–Crippen MR) is 103 cm³/mol. The topological polar surface area (TPSA) is 97.7 Å². The Balaban J connectivity index is 1.69. The molecule has 7 heteroatoms. The Kier molecular flexibility index (Phi) is 4.77. The molecule has 27 heavy (non-hydrogen) atoms. The van der Waals surface area contributed by atoms with E-state index in [9.17, 15) is 14.9 Å². The zero-order chi connectivity index (χ0) is 19.6. The van der Waals surface area contributed by atoms with Gasteiger partial charge in [0.25, 0.3) is 5.69 Å². The van der Waals surface area contributed by atoms with E-state index < -0.39 is 10.8 Å². The second-order valence-corrected chi connectivity index (χ2v) is 7.16. The molecule has 1 amide bonds. The minimum Gasteiger partial charge on any atom is -0.451 e. The quantitative estimate of drug-likeness (QED) is 0.421. The van der Waals surface area contributed by atoms with Crippen LogP contribution in [-0.4, -0.2) is 17.0 Å². The van der Waals surface area contributed by atoms with Crippen LogP contribution in [0.25, 0.3) is 11.0 Å². The lowest BCUT2D eigenvalue weighted by Gasteiger charge is -2.18. The molecule has 0 aliphatic carbocycles. The molecule has 0 aliphatic heterocycles. The molecule has 1 N–H and O–H groups in total. The Morgan fingerprint density at radius 3 is 2.48 bits per heavy atom. The van der Waals surface area contributed by atoms with Crippen molar-refractivity contribution in [1.29, 1.82) is 0 Å². The summed E-state index contributed by atoms with van der Waals surface area (Å²) >= 11 is 0. The first-order valence-corrected chi connectivity index (χ1v) is 8.36. The van der Waals surface area contributed by atoms with Gasteiger partial charge in [0.2, 0.25) is 0 Å². The van der Waals surface area contributed by atoms with Crippen LogP contribution in [0.1, 0.15) is 42.5 Å². The number of hydrogen-bond acceptors (Lipinski definition) is 5. The molecule has 0 radical (unpaired) electrons. The van der Waals surface area contributed by atoms with Crippen molar-refractivity contribution in [3.05, 3.63) is 75.5 Å². The smallest absolute Gasteiger partial charge is 0.307 e. The van der Waals surface area contributed by atoms with Gasteiger partial charge in [0, 0.05) is 17.5 Å². The third-order valence-electron chi connectivity index (χ3n) is 4.09. The minimum absolute atomic E-state index is 0.0331. The van der Waals surface area contributed by atoms with E-state index >= 15 is 0 Å². The molecule has 7 nitrogen and oxygen atoms in total. The molecule has 0 bridgehead atoms. The van der Waals surface area contributed by atoms with Gasteiger partial charge in [-0.1, -0.05) is 45.0 Å². The standard InChI is InChI=1S/C20H19N3O4/c1-20(2,3)15-6-4-13(5-7-15)12-21-22-19(24)18-11-14-10-16(23(25)26)8-9-17(14)27-18/h4-12H,1-3H3,(H,22,24)/b21-12+. The Morgan fingerprint density at radius 2 is 1.85 bits per heavy atom. The highest BCUT2D eigenvalue weighted by Gasteiger charge is 2.15. The highest BCUT2D eigenvalue weighted by atomic mass is 16.6. The number of amides is 1. The fourth-order valence-corrected chi connectivity index (χ4v) is 2.55. The van der Waals surface area contributed by atoms with Crippen LogP contribution in [0, 0.1) is 10.1 Å². The van der Waals surface area contributed by atoms with Gasteiger partial charge in [-0.25, -0.2) is 5.43 Å². The Morgan fingerprint density at radius 1 is 1.15 bits per heavy atom. The van der Waals surface area contributed by atoms with E-state index in [0.717, 1.165) is 5.56 Å². The summed E-state index contributed by atoms with van der Waals surface area (Å²) in [5.74, 6) is -0.498. The van der Waals surface area contributed by atoms with Crippen LogP contribution >= 0.6 is 0 Å². The van der Waals surface area contributed by atoms with Gasteiger partial charge < -0.3 is 4.42 Å². The van der Waals surface area contributed by atoms with Gasteiger partial charge in [0.15, 0.2) is 5.76 Å². The molecule has 1 heterocycles. The van der Waals surface area contributed by atoms with Crippen molar-refractivity contribution in [2.24, 2.45) is 5.10 Å². The summed E-state index contributed by atoms with van der Waals surface area (Å²) in [5, 5.41) is 15.2. The number of carbonyl (C=O) groups excluding carboxylic acids is 1. The summed E-state index contributed by atoms with van der Waals surface area (Å²) in [6.45, 7) is 6.41. The lowest BCUT2D eigenvalue weighted by molar-refractivity contribution is -0.384.